The Kier molecular flexibility index (Phi) is 4.36. The van der Waals surface area contributed by atoms with Crippen LogP contribution >= 0.6 is 0 Å². The van der Waals surface area contributed by atoms with E-state index in [0.717, 1.165) is 37.2 Å². The van der Waals surface area contributed by atoms with Crippen molar-refractivity contribution in [1.29, 1.82) is 0 Å². The van der Waals surface area contributed by atoms with E-state index in [2.05, 4.69) is 10.3 Å². The highest BCUT2D eigenvalue weighted by atomic mass is 16.2. The summed E-state index contributed by atoms with van der Waals surface area (Å²) in [5.74, 6) is 0.136. The number of hydrogen-bond donors (Lipinski definition) is 1. The number of carbonyl (C=O) groups excluding carboxylic acids is 2. The molecular formula is C19H26N4O2. The second-order valence-corrected chi connectivity index (χ2v) is 7.54. The minimum Gasteiger partial charge on any atom is -0.335 e. The summed E-state index contributed by atoms with van der Waals surface area (Å²) in [6, 6.07) is 6.38. The van der Waals surface area contributed by atoms with Crippen molar-refractivity contribution < 1.29 is 9.59 Å². The van der Waals surface area contributed by atoms with Gasteiger partial charge in [-0.1, -0.05) is 18.9 Å². The number of carbonyl (C=O) groups is 2. The Morgan fingerprint density at radius 3 is 2.80 bits per heavy atom. The molecule has 3 heterocycles. The fourth-order valence-electron chi connectivity index (χ4n) is 4.58. The Morgan fingerprint density at radius 1 is 1.24 bits per heavy atom. The molecule has 3 amide bonds. The number of likely N-dealkylation sites (tertiary alicyclic amines) is 2. The smallest absolute Gasteiger partial charge is 0.317 e. The minimum atomic E-state index is 0.0127. The maximum absolute atomic E-state index is 12.6. The summed E-state index contributed by atoms with van der Waals surface area (Å²) in [7, 11) is 0. The fraction of sp³-hybridized carbons (Fsp3) is 0.632. The average molecular weight is 342 g/mol. The number of aryl methyl sites for hydroxylation is 1. The molecule has 4 rings (SSSR count). The largest absolute Gasteiger partial charge is 0.335 e. The van der Waals surface area contributed by atoms with Crippen LogP contribution in [0.4, 0.5) is 4.79 Å². The summed E-state index contributed by atoms with van der Waals surface area (Å²) in [4.78, 5) is 33.5. The molecule has 134 valence electrons. The van der Waals surface area contributed by atoms with Gasteiger partial charge in [0.25, 0.3) is 0 Å². The fourth-order valence-corrected chi connectivity index (χ4v) is 4.58. The molecule has 0 radical (unpaired) electrons. The predicted molar refractivity (Wildman–Crippen MR) is 93.8 cm³/mol. The molecule has 1 N–H and O–H groups in total. The van der Waals surface area contributed by atoms with Crippen molar-refractivity contribution in [2.45, 2.75) is 70.1 Å². The van der Waals surface area contributed by atoms with Crippen molar-refractivity contribution in [3.63, 3.8) is 0 Å². The first-order valence-electron chi connectivity index (χ1n) is 9.41. The van der Waals surface area contributed by atoms with Gasteiger partial charge in [-0.2, -0.15) is 0 Å². The van der Waals surface area contributed by atoms with E-state index in [1.54, 1.807) is 0 Å². The molecule has 2 aliphatic heterocycles. The Bertz CT molecular complexity index is 671. The minimum absolute atomic E-state index is 0.0127. The molecule has 6 heteroatoms. The Balaban J connectivity index is 1.42. The van der Waals surface area contributed by atoms with Crippen LogP contribution in [0.2, 0.25) is 0 Å². The van der Waals surface area contributed by atoms with Crippen LogP contribution in [0.5, 0.6) is 0 Å². The van der Waals surface area contributed by atoms with Crippen molar-refractivity contribution in [2.75, 3.05) is 6.54 Å². The van der Waals surface area contributed by atoms with Crippen LogP contribution in [0.25, 0.3) is 0 Å². The number of rotatable bonds is 3. The lowest BCUT2D eigenvalue weighted by Crippen LogP contribution is -2.47. The lowest BCUT2D eigenvalue weighted by atomic mass is 10.1. The summed E-state index contributed by atoms with van der Waals surface area (Å²) >= 11 is 0. The number of aromatic nitrogens is 1. The molecule has 1 aromatic heterocycles. The van der Waals surface area contributed by atoms with Crippen LogP contribution in [-0.2, 0) is 11.3 Å². The van der Waals surface area contributed by atoms with E-state index in [4.69, 9.17) is 0 Å². The predicted octanol–water partition coefficient (Wildman–Crippen LogP) is 2.22. The molecule has 0 aromatic carbocycles. The Labute approximate surface area is 148 Å². The van der Waals surface area contributed by atoms with E-state index in [1.165, 1.54) is 12.8 Å². The number of amides is 3. The number of hydrogen-bond acceptors (Lipinski definition) is 3. The van der Waals surface area contributed by atoms with Crippen molar-refractivity contribution >= 4 is 11.9 Å². The van der Waals surface area contributed by atoms with E-state index in [1.807, 2.05) is 34.9 Å². The Hall–Kier alpha value is -2.11. The quantitative estimate of drug-likeness (QED) is 0.916. The van der Waals surface area contributed by atoms with Gasteiger partial charge < -0.3 is 15.1 Å². The third kappa shape index (κ3) is 3.22. The molecule has 1 aliphatic carbocycles. The zero-order valence-corrected chi connectivity index (χ0v) is 14.8. The molecule has 3 aliphatic rings. The molecule has 3 fully saturated rings. The third-order valence-electron chi connectivity index (χ3n) is 5.84. The molecular weight excluding hydrogens is 316 g/mol. The van der Waals surface area contributed by atoms with Gasteiger partial charge in [-0.3, -0.25) is 9.78 Å². The number of nitrogens with zero attached hydrogens (tertiary/aromatic N) is 3. The van der Waals surface area contributed by atoms with Gasteiger partial charge in [0.2, 0.25) is 5.91 Å². The molecule has 0 unspecified atom stereocenters. The standard InChI is InChI=1S/C19H26N4O2/c1-13-5-4-8-15(20-13)12-23-16-9-10-22(17(16)11-18(23)24)19(25)21-14-6-2-3-7-14/h4-5,8,14,16-17H,2-3,6-7,9-12H2,1H3,(H,21,25)/t16-,17+/m0/s1. The molecule has 2 saturated heterocycles. The van der Waals surface area contributed by atoms with Crippen LogP contribution in [0, 0.1) is 6.92 Å². The average Bonchev–Trinajstić information content (AvgIpc) is 3.27. The van der Waals surface area contributed by atoms with E-state index < -0.39 is 0 Å². The van der Waals surface area contributed by atoms with E-state index in [0.29, 0.717) is 19.0 Å². The Morgan fingerprint density at radius 2 is 2.04 bits per heavy atom. The summed E-state index contributed by atoms with van der Waals surface area (Å²) in [5, 5.41) is 3.17. The van der Waals surface area contributed by atoms with Crippen molar-refractivity contribution in [2.24, 2.45) is 0 Å². The van der Waals surface area contributed by atoms with E-state index in [-0.39, 0.29) is 24.0 Å². The number of nitrogens with one attached hydrogen (secondary N) is 1. The van der Waals surface area contributed by atoms with E-state index in [9.17, 15) is 9.59 Å². The van der Waals surface area contributed by atoms with Crippen LogP contribution < -0.4 is 5.32 Å². The highest BCUT2D eigenvalue weighted by molar-refractivity contribution is 5.83. The molecule has 25 heavy (non-hydrogen) atoms. The second kappa shape index (κ2) is 6.65. The van der Waals surface area contributed by atoms with Crippen LogP contribution in [0.1, 0.15) is 49.9 Å². The summed E-state index contributed by atoms with van der Waals surface area (Å²) < 4.78 is 0. The number of pyridine rings is 1. The lowest BCUT2D eigenvalue weighted by Gasteiger charge is -2.26. The molecule has 6 nitrogen and oxygen atoms in total. The van der Waals surface area contributed by atoms with Gasteiger partial charge in [0.05, 0.1) is 24.3 Å². The summed E-state index contributed by atoms with van der Waals surface area (Å²) in [6.45, 7) is 3.24. The van der Waals surface area contributed by atoms with Crippen LogP contribution in [0.15, 0.2) is 18.2 Å². The molecule has 1 aromatic rings. The topological polar surface area (TPSA) is 65.5 Å². The first-order chi connectivity index (χ1) is 12.1. The van der Waals surface area contributed by atoms with Gasteiger partial charge in [0.1, 0.15) is 0 Å². The normalized spacial score (nSPS) is 26.4. The zero-order valence-electron chi connectivity index (χ0n) is 14.8. The van der Waals surface area contributed by atoms with Crippen molar-refractivity contribution in [3.05, 3.63) is 29.6 Å². The molecule has 1 saturated carbocycles. The monoisotopic (exact) mass is 342 g/mol. The summed E-state index contributed by atoms with van der Waals surface area (Å²) in [5.41, 5.74) is 1.88. The van der Waals surface area contributed by atoms with E-state index >= 15 is 0 Å². The lowest BCUT2D eigenvalue weighted by molar-refractivity contribution is -0.129. The summed E-state index contributed by atoms with van der Waals surface area (Å²) in [6.07, 6.45) is 5.86. The van der Waals surface area contributed by atoms with Gasteiger partial charge in [-0.05, 0) is 38.3 Å². The first-order valence-corrected chi connectivity index (χ1v) is 9.41. The van der Waals surface area contributed by atoms with Gasteiger partial charge >= 0.3 is 6.03 Å². The zero-order chi connectivity index (χ0) is 17.4. The molecule has 2 atom stereocenters. The SMILES string of the molecule is Cc1cccc(CN2C(=O)C[C@@H]3[C@@H]2CCN3C(=O)NC2CCCC2)n1. The van der Waals surface area contributed by atoms with Crippen LogP contribution in [-0.4, -0.2) is 51.4 Å². The van der Waals surface area contributed by atoms with Crippen molar-refractivity contribution in [1.82, 2.24) is 20.1 Å². The highest BCUT2D eigenvalue weighted by Crippen LogP contribution is 2.33. The highest BCUT2D eigenvalue weighted by Gasteiger charge is 2.48. The number of urea groups is 1. The first kappa shape index (κ1) is 16.4. The van der Waals surface area contributed by atoms with Gasteiger partial charge in [-0.15, -0.1) is 0 Å². The molecule has 0 spiro atoms. The van der Waals surface area contributed by atoms with Gasteiger partial charge in [0.15, 0.2) is 0 Å². The third-order valence-corrected chi connectivity index (χ3v) is 5.84. The van der Waals surface area contributed by atoms with Gasteiger partial charge in [-0.25, -0.2) is 4.79 Å². The van der Waals surface area contributed by atoms with Crippen molar-refractivity contribution in [3.8, 4) is 0 Å². The van der Waals surface area contributed by atoms with Crippen LogP contribution in [0.3, 0.4) is 0 Å². The maximum atomic E-state index is 12.6. The molecule has 0 bridgehead atoms. The second-order valence-electron chi connectivity index (χ2n) is 7.54. The van der Waals surface area contributed by atoms with Gasteiger partial charge in [0, 0.05) is 24.7 Å². The maximum Gasteiger partial charge on any atom is 0.317 e. The number of fused-ring (bicyclic) bond motifs is 1.